The molecule has 0 fully saturated rings. The van der Waals surface area contributed by atoms with Crippen molar-refractivity contribution in [1.29, 1.82) is 0 Å². The summed E-state index contributed by atoms with van der Waals surface area (Å²) in [6.45, 7) is 3.97. The Morgan fingerprint density at radius 1 is 1.20 bits per heavy atom. The zero-order chi connectivity index (χ0) is 21.9. The zero-order valence-corrected chi connectivity index (χ0v) is 18.2. The highest BCUT2D eigenvalue weighted by molar-refractivity contribution is 7.89. The molecular weight excluding hydrogens is 406 g/mol. The van der Waals surface area contributed by atoms with E-state index < -0.39 is 10.0 Å². The van der Waals surface area contributed by atoms with Crippen LogP contribution < -0.4 is 10.2 Å². The molecule has 0 aliphatic carbocycles. The lowest BCUT2D eigenvalue weighted by Gasteiger charge is -2.12. The first-order valence-electron chi connectivity index (χ1n) is 9.53. The zero-order valence-electron chi connectivity index (χ0n) is 17.4. The lowest BCUT2D eigenvalue weighted by Crippen LogP contribution is -2.26. The number of fused-ring (bicyclic) bond motifs is 1. The molecule has 0 saturated carbocycles. The molecule has 1 amide bonds. The minimum atomic E-state index is -3.62. The number of carbonyl (C=O) groups is 1. The van der Waals surface area contributed by atoms with Gasteiger partial charge in [0.15, 0.2) is 6.61 Å². The van der Waals surface area contributed by atoms with Crippen molar-refractivity contribution in [2.24, 2.45) is 0 Å². The van der Waals surface area contributed by atoms with Crippen molar-refractivity contribution in [2.75, 3.05) is 26.0 Å². The van der Waals surface area contributed by atoms with Crippen molar-refractivity contribution in [3.8, 4) is 0 Å². The van der Waals surface area contributed by atoms with Crippen molar-refractivity contribution in [3.63, 3.8) is 0 Å². The highest BCUT2D eigenvalue weighted by Crippen LogP contribution is 2.21. The van der Waals surface area contributed by atoms with Gasteiger partial charge in [0.1, 0.15) is 11.0 Å². The second-order valence-electron chi connectivity index (χ2n) is 7.15. The highest BCUT2D eigenvalue weighted by atomic mass is 32.2. The molecule has 0 radical (unpaired) electrons. The Kier molecular flexibility index (Phi) is 6.37. The summed E-state index contributed by atoms with van der Waals surface area (Å²) in [5.74, 6) is 0.0897. The van der Waals surface area contributed by atoms with Gasteiger partial charge in [-0.3, -0.25) is 4.79 Å². The summed E-state index contributed by atoms with van der Waals surface area (Å²) in [6, 6.07) is 12.1. The number of hydrogen-bond acceptors (Lipinski definition) is 6. The Labute approximate surface area is 175 Å². The van der Waals surface area contributed by atoms with Crippen LogP contribution in [0.1, 0.15) is 31.7 Å². The predicted molar refractivity (Wildman–Crippen MR) is 114 cm³/mol. The van der Waals surface area contributed by atoms with E-state index in [-0.39, 0.29) is 17.4 Å². The summed E-state index contributed by atoms with van der Waals surface area (Å²) < 4.78 is 25.8. The summed E-state index contributed by atoms with van der Waals surface area (Å²) in [4.78, 5) is 18.8. The normalized spacial score (nSPS) is 12.8. The molecule has 10 heteroatoms. The Hall–Kier alpha value is -2.98. The van der Waals surface area contributed by atoms with E-state index in [0.29, 0.717) is 22.6 Å². The van der Waals surface area contributed by atoms with E-state index in [9.17, 15) is 13.2 Å². The van der Waals surface area contributed by atoms with Gasteiger partial charge in [0.25, 0.3) is 5.91 Å². The smallest absolute Gasteiger partial charge is 0.265 e. The molecule has 9 nitrogen and oxygen atoms in total. The van der Waals surface area contributed by atoms with Gasteiger partial charge in [0.2, 0.25) is 10.0 Å². The molecule has 0 aliphatic heterocycles. The van der Waals surface area contributed by atoms with Crippen molar-refractivity contribution >= 4 is 32.7 Å². The van der Waals surface area contributed by atoms with Crippen LogP contribution in [0, 0.1) is 0 Å². The van der Waals surface area contributed by atoms with Gasteiger partial charge in [-0.15, -0.1) is 5.10 Å². The van der Waals surface area contributed by atoms with Gasteiger partial charge in [-0.25, -0.2) is 12.7 Å². The molecule has 0 aliphatic rings. The molecule has 1 atom stereocenters. The van der Waals surface area contributed by atoms with E-state index in [4.69, 9.17) is 4.84 Å². The summed E-state index contributed by atoms with van der Waals surface area (Å²) >= 11 is 0. The number of nitrogens with one attached hydrogen (secondary N) is 1. The van der Waals surface area contributed by atoms with Crippen LogP contribution in [0.3, 0.4) is 0 Å². The Bertz CT molecular complexity index is 1140. The molecule has 1 N–H and O–H groups in total. The SMILES string of the molecule is CCC(C)c1ccc(NC(=O)COn2nnc3ccc(S(=O)(=O)N(C)C)cc32)cc1. The van der Waals surface area contributed by atoms with Crippen LogP contribution >= 0.6 is 0 Å². The van der Waals surface area contributed by atoms with Gasteiger partial charge < -0.3 is 10.2 Å². The maximum Gasteiger partial charge on any atom is 0.265 e. The molecule has 1 heterocycles. The van der Waals surface area contributed by atoms with Crippen LogP contribution in [-0.4, -0.2) is 54.5 Å². The summed E-state index contributed by atoms with van der Waals surface area (Å²) in [5, 5.41) is 10.5. The topological polar surface area (TPSA) is 106 Å². The van der Waals surface area contributed by atoms with E-state index >= 15 is 0 Å². The highest BCUT2D eigenvalue weighted by Gasteiger charge is 2.19. The lowest BCUT2D eigenvalue weighted by molar-refractivity contribution is -0.121. The first-order chi connectivity index (χ1) is 14.2. The first-order valence-corrected chi connectivity index (χ1v) is 11.0. The molecule has 1 unspecified atom stereocenters. The van der Waals surface area contributed by atoms with Crippen LogP contribution in [-0.2, 0) is 14.8 Å². The maximum absolute atomic E-state index is 12.3. The molecule has 2 aromatic carbocycles. The summed E-state index contributed by atoms with van der Waals surface area (Å²) in [7, 11) is -0.718. The summed E-state index contributed by atoms with van der Waals surface area (Å²) in [5.41, 5.74) is 2.68. The molecule has 3 aromatic rings. The fourth-order valence-electron chi connectivity index (χ4n) is 2.79. The Morgan fingerprint density at radius 2 is 1.90 bits per heavy atom. The van der Waals surface area contributed by atoms with Crippen LogP contribution in [0.2, 0.25) is 0 Å². The second kappa shape index (κ2) is 8.80. The molecule has 1 aromatic heterocycles. The first kappa shape index (κ1) is 21.7. The van der Waals surface area contributed by atoms with Gasteiger partial charge in [-0.05, 0) is 53.4 Å². The van der Waals surface area contributed by atoms with E-state index in [1.54, 1.807) is 0 Å². The summed E-state index contributed by atoms with van der Waals surface area (Å²) in [6.07, 6.45) is 1.04. The number of amides is 1. The van der Waals surface area contributed by atoms with Crippen molar-refractivity contribution < 1.29 is 18.0 Å². The third kappa shape index (κ3) is 4.60. The van der Waals surface area contributed by atoms with Crippen molar-refractivity contribution in [1.82, 2.24) is 19.5 Å². The Morgan fingerprint density at radius 3 is 2.53 bits per heavy atom. The fraction of sp³-hybridized carbons (Fsp3) is 0.350. The van der Waals surface area contributed by atoms with E-state index in [2.05, 4.69) is 29.5 Å². The predicted octanol–water partition coefficient (Wildman–Crippen LogP) is 2.26. The standard InChI is InChI=1S/C20H25N5O4S/c1-5-14(2)15-6-8-16(9-7-15)21-20(26)13-29-25-19-12-17(30(27,28)24(3)4)10-11-18(19)22-23-25/h6-12,14H,5,13H2,1-4H3,(H,21,26). The lowest BCUT2D eigenvalue weighted by atomic mass is 9.99. The van der Waals surface area contributed by atoms with Crippen molar-refractivity contribution in [3.05, 3.63) is 48.0 Å². The number of benzene rings is 2. The number of carbonyl (C=O) groups excluding carboxylic acids is 1. The quantitative estimate of drug-likeness (QED) is 0.586. The van der Waals surface area contributed by atoms with E-state index in [1.807, 2.05) is 24.3 Å². The van der Waals surface area contributed by atoms with Crippen LogP contribution in [0.15, 0.2) is 47.4 Å². The number of aromatic nitrogens is 3. The maximum atomic E-state index is 12.3. The minimum Gasteiger partial charge on any atom is -0.385 e. The second-order valence-corrected chi connectivity index (χ2v) is 9.31. The third-order valence-electron chi connectivity index (χ3n) is 4.86. The molecule has 0 saturated heterocycles. The number of nitrogens with zero attached hydrogens (tertiary/aromatic N) is 4. The van der Waals surface area contributed by atoms with Gasteiger partial charge >= 0.3 is 0 Å². The van der Waals surface area contributed by atoms with Crippen LogP contribution in [0.5, 0.6) is 0 Å². The van der Waals surface area contributed by atoms with Crippen molar-refractivity contribution in [2.45, 2.75) is 31.1 Å². The number of anilines is 1. The fourth-order valence-corrected chi connectivity index (χ4v) is 3.71. The number of sulfonamides is 1. The van der Waals surface area contributed by atoms with Gasteiger partial charge in [-0.2, -0.15) is 0 Å². The largest absolute Gasteiger partial charge is 0.385 e. The van der Waals surface area contributed by atoms with Gasteiger partial charge in [0.05, 0.1) is 4.90 Å². The molecule has 3 rings (SSSR count). The third-order valence-corrected chi connectivity index (χ3v) is 6.67. The average molecular weight is 432 g/mol. The van der Waals surface area contributed by atoms with Gasteiger partial charge in [0, 0.05) is 19.8 Å². The monoisotopic (exact) mass is 431 g/mol. The van der Waals surface area contributed by atoms with Gasteiger partial charge in [-0.1, -0.05) is 30.8 Å². The minimum absolute atomic E-state index is 0.0815. The molecule has 0 bridgehead atoms. The molecule has 0 spiro atoms. The van der Waals surface area contributed by atoms with E-state index in [0.717, 1.165) is 15.6 Å². The van der Waals surface area contributed by atoms with E-state index in [1.165, 1.54) is 37.9 Å². The molecular formula is C20H25N5O4S. The molecule has 30 heavy (non-hydrogen) atoms. The molecule has 160 valence electrons. The average Bonchev–Trinajstić information content (AvgIpc) is 3.14. The van der Waals surface area contributed by atoms with Crippen LogP contribution in [0.25, 0.3) is 11.0 Å². The Balaban J connectivity index is 1.68. The number of rotatable bonds is 8. The van der Waals surface area contributed by atoms with Crippen LogP contribution in [0.4, 0.5) is 5.69 Å². The number of hydrogen-bond donors (Lipinski definition) is 1.